The molecule has 1 fully saturated rings. The Labute approximate surface area is 122 Å². The summed E-state index contributed by atoms with van der Waals surface area (Å²) in [6.45, 7) is 0.435. The van der Waals surface area contributed by atoms with Gasteiger partial charge in [0.25, 0.3) is 5.91 Å². The van der Waals surface area contributed by atoms with E-state index in [4.69, 9.17) is 0 Å². The maximum atomic E-state index is 14.2. The third-order valence-electron chi connectivity index (χ3n) is 4.45. The van der Waals surface area contributed by atoms with Crippen LogP contribution < -0.4 is 5.32 Å². The van der Waals surface area contributed by atoms with Crippen molar-refractivity contribution in [1.29, 1.82) is 0 Å². The minimum Gasteiger partial charge on any atom is -0.346 e. The predicted octanol–water partition coefficient (Wildman–Crippen LogP) is 3.05. The minimum atomic E-state index is -0.265. The molecule has 5 heteroatoms. The number of hydrogen-bond donors (Lipinski definition) is 1. The molecule has 1 aromatic heterocycles. The summed E-state index contributed by atoms with van der Waals surface area (Å²) in [5.74, 6) is -0.418. The van der Waals surface area contributed by atoms with Gasteiger partial charge in [0.1, 0.15) is 5.82 Å². The van der Waals surface area contributed by atoms with Crippen molar-refractivity contribution in [1.82, 2.24) is 15.1 Å². The van der Waals surface area contributed by atoms with Gasteiger partial charge < -0.3 is 5.32 Å². The fraction of sp³-hybridized carbons (Fsp3) is 0.375. The molecule has 1 saturated carbocycles. The smallest absolute Gasteiger partial charge is 0.272 e. The van der Waals surface area contributed by atoms with Crippen molar-refractivity contribution < 1.29 is 9.18 Å². The molecule has 2 aromatic rings. The quantitative estimate of drug-likeness (QED) is 0.922. The van der Waals surface area contributed by atoms with Crippen molar-refractivity contribution in [2.75, 3.05) is 0 Å². The lowest BCUT2D eigenvalue weighted by atomic mass is 10.1. The zero-order chi connectivity index (χ0) is 14.4. The highest BCUT2D eigenvalue weighted by atomic mass is 19.1. The molecule has 1 aliphatic heterocycles. The van der Waals surface area contributed by atoms with Crippen LogP contribution in [0.3, 0.4) is 0 Å². The molecule has 2 aliphatic rings. The molecule has 0 radical (unpaired) electrons. The molecule has 0 atom stereocenters. The molecule has 2 heterocycles. The molecular weight excluding hydrogens is 269 g/mol. The average Bonchev–Trinajstić information content (AvgIpc) is 3.17. The van der Waals surface area contributed by atoms with Gasteiger partial charge in [0.2, 0.25) is 0 Å². The molecule has 108 valence electrons. The van der Waals surface area contributed by atoms with Crippen molar-refractivity contribution in [2.45, 2.75) is 38.3 Å². The molecule has 1 N–H and O–H groups in total. The van der Waals surface area contributed by atoms with Crippen LogP contribution in [0.4, 0.5) is 4.39 Å². The molecule has 0 bridgehead atoms. The third kappa shape index (κ3) is 1.87. The van der Waals surface area contributed by atoms with E-state index in [0.29, 0.717) is 17.8 Å². The van der Waals surface area contributed by atoms with Crippen LogP contribution in [0.15, 0.2) is 24.3 Å². The standard InChI is InChI=1S/C16H16FN3O/c17-13-8-4-3-7-11(13)15-12-9-18-16(21)14(12)19-20(15)10-5-1-2-6-10/h3-4,7-8,10H,1-2,5-6,9H2,(H,18,21). The lowest BCUT2D eigenvalue weighted by Gasteiger charge is -2.16. The molecule has 4 nitrogen and oxygen atoms in total. The van der Waals surface area contributed by atoms with E-state index in [0.717, 1.165) is 36.9 Å². The van der Waals surface area contributed by atoms with Crippen LogP contribution in [0.25, 0.3) is 11.3 Å². The van der Waals surface area contributed by atoms with Gasteiger partial charge in [-0.15, -0.1) is 0 Å². The zero-order valence-corrected chi connectivity index (χ0v) is 11.6. The third-order valence-corrected chi connectivity index (χ3v) is 4.45. The fourth-order valence-electron chi connectivity index (χ4n) is 3.42. The van der Waals surface area contributed by atoms with Gasteiger partial charge in [-0.3, -0.25) is 9.48 Å². The fourth-order valence-corrected chi connectivity index (χ4v) is 3.42. The Morgan fingerprint density at radius 3 is 2.76 bits per heavy atom. The Kier molecular flexibility index (Phi) is 2.80. The summed E-state index contributed by atoms with van der Waals surface area (Å²) < 4.78 is 16.1. The first-order valence-electron chi connectivity index (χ1n) is 7.40. The number of fused-ring (bicyclic) bond motifs is 1. The highest BCUT2D eigenvalue weighted by Gasteiger charge is 2.32. The molecular formula is C16H16FN3O. The Bertz CT molecular complexity index is 716. The number of carbonyl (C=O) groups excluding carboxylic acids is 1. The summed E-state index contributed by atoms with van der Waals surface area (Å²) in [7, 11) is 0. The molecule has 21 heavy (non-hydrogen) atoms. The van der Waals surface area contributed by atoms with E-state index < -0.39 is 0 Å². The molecule has 0 saturated heterocycles. The number of nitrogens with zero attached hydrogens (tertiary/aromatic N) is 2. The van der Waals surface area contributed by atoms with Crippen LogP contribution >= 0.6 is 0 Å². The van der Waals surface area contributed by atoms with Crippen molar-refractivity contribution in [3.8, 4) is 11.3 Å². The van der Waals surface area contributed by atoms with Crippen LogP contribution in [0, 0.1) is 5.82 Å². The first-order chi connectivity index (χ1) is 10.3. The van der Waals surface area contributed by atoms with Crippen molar-refractivity contribution >= 4 is 5.91 Å². The van der Waals surface area contributed by atoms with E-state index in [1.54, 1.807) is 12.1 Å². The van der Waals surface area contributed by atoms with Gasteiger partial charge in [-0.05, 0) is 25.0 Å². The molecule has 1 aliphatic carbocycles. The van der Waals surface area contributed by atoms with Crippen LogP contribution in [0.2, 0.25) is 0 Å². The molecule has 0 spiro atoms. The van der Waals surface area contributed by atoms with Crippen molar-refractivity contribution in [3.05, 3.63) is 41.3 Å². The van der Waals surface area contributed by atoms with E-state index in [-0.39, 0.29) is 17.8 Å². The van der Waals surface area contributed by atoms with E-state index >= 15 is 0 Å². The van der Waals surface area contributed by atoms with Gasteiger partial charge in [-0.2, -0.15) is 5.10 Å². The SMILES string of the molecule is O=C1NCc2c1nn(C1CCCC1)c2-c1ccccc1F. The first-order valence-corrected chi connectivity index (χ1v) is 7.40. The second-order valence-corrected chi connectivity index (χ2v) is 5.72. The number of aromatic nitrogens is 2. The van der Waals surface area contributed by atoms with Gasteiger partial charge in [0.15, 0.2) is 5.69 Å². The lowest BCUT2D eigenvalue weighted by Crippen LogP contribution is -2.17. The number of amides is 1. The average molecular weight is 285 g/mol. The summed E-state index contributed by atoms with van der Waals surface area (Å²) in [5, 5.41) is 7.28. The normalized spacial score (nSPS) is 18.0. The molecule has 0 unspecified atom stereocenters. The Balaban J connectivity index is 1.93. The largest absolute Gasteiger partial charge is 0.346 e. The Morgan fingerprint density at radius 2 is 2.00 bits per heavy atom. The van der Waals surface area contributed by atoms with Crippen molar-refractivity contribution in [3.63, 3.8) is 0 Å². The van der Waals surface area contributed by atoms with Gasteiger partial charge in [0.05, 0.1) is 11.7 Å². The number of rotatable bonds is 2. The summed E-state index contributed by atoms with van der Waals surface area (Å²) in [4.78, 5) is 11.9. The van der Waals surface area contributed by atoms with Gasteiger partial charge >= 0.3 is 0 Å². The maximum absolute atomic E-state index is 14.2. The minimum absolute atomic E-state index is 0.153. The summed E-state index contributed by atoms with van der Waals surface area (Å²) >= 11 is 0. The summed E-state index contributed by atoms with van der Waals surface area (Å²) in [6.07, 6.45) is 4.42. The van der Waals surface area contributed by atoms with Gasteiger partial charge in [0, 0.05) is 17.7 Å². The number of nitrogens with one attached hydrogen (secondary N) is 1. The van der Waals surface area contributed by atoms with Gasteiger partial charge in [-0.25, -0.2) is 4.39 Å². The number of halogens is 1. The summed E-state index contributed by atoms with van der Waals surface area (Å²) in [6, 6.07) is 7.00. The highest BCUT2D eigenvalue weighted by molar-refractivity contribution is 5.98. The topological polar surface area (TPSA) is 46.9 Å². The highest BCUT2D eigenvalue weighted by Crippen LogP contribution is 2.38. The number of benzene rings is 1. The Morgan fingerprint density at radius 1 is 1.24 bits per heavy atom. The van der Waals surface area contributed by atoms with E-state index in [1.807, 2.05) is 10.7 Å². The van der Waals surface area contributed by atoms with E-state index in [9.17, 15) is 9.18 Å². The molecule has 4 rings (SSSR count). The van der Waals surface area contributed by atoms with E-state index in [1.165, 1.54) is 6.07 Å². The Hall–Kier alpha value is -2.17. The second-order valence-electron chi connectivity index (χ2n) is 5.72. The molecule has 1 aromatic carbocycles. The van der Waals surface area contributed by atoms with Crippen LogP contribution in [-0.2, 0) is 6.54 Å². The monoisotopic (exact) mass is 285 g/mol. The van der Waals surface area contributed by atoms with Crippen LogP contribution in [0.5, 0.6) is 0 Å². The number of carbonyl (C=O) groups is 1. The van der Waals surface area contributed by atoms with Crippen LogP contribution in [0.1, 0.15) is 47.8 Å². The lowest BCUT2D eigenvalue weighted by molar-refractivity contribution is 0.0959. The zero-order valence-electron chi connectivity index (χ0n) is 11.6. The maximum Gasteiger partial charge on any atom is 0.272 e. The molecule has 1 amide bonds. The van der Waals surface area contributed by atoms with Crippen LogP contribution in [-0.4, -0.2) is 15.7 Å². The first kappa shape index (κ1) is 12.6. The van der Waals surface area contributed by atoms with E-state index in [2.05, 4.69) is 10.4 Å². The summed E-state index contributed by atoms with van der Waals surface area (Å²) in [5.41, 5.74) is 2.60. The van der Waals surface area contributed by atoms with Crippen molar-refractivity contribution in [2.24, 2.45) is 0 Å². The second kappa shape index (κ2) is 4.69. The predicted molar refractivity (Wildman–Crippen MR) is 76.3 cm³/mol. The number of hydrogen-bond acceptors (Lipinski definition) is 2. The van der Waals surface area contributed by atoms with Gasteiger partial charge in [-0.1, -0.05) is 25.0 Å².